The first-order valence-corrected chi connectivity index (χ1v) is 4.61. The van der Waals surface area contributed by atoms with Crippen LogP contribution in [0.1, 0.15) is 41.4 Å². The number of carbonyl (C=O) groups is 1. The molecule has 4 nitrogen and oxygen atoms in total. The number of fused-ring (bicyclic) bond motifs is 1. The summed E-state index contributed by atoms with van der Waals surface area (Å²) in [6.07, 6.45) is 3.94. The Labute approximate surface area is 82.1 Å². The zero-order valence-corrected chi connectivity index (χ0v) is 8.19. The van der Waals surface area contributed by atoms with E-state index in [1.54, 1.807) is 12.4 Å². The highest BCUT2D eigenvalue weighted by Crippen LogP contribution is 2.22. The Hall–Kier alpha value is -1.58. The van der Waals surface area contributed by atoms with Crippen LogP contribution in [0, 0.1) is 0 Å². The quantitative estimate of drug-likeness (QED) is 0.670. The summed E-state index contributed by atoms with van der Waals surface area (Å²) in [6.45, 7) is 3.99. The molecule has 0 fully saturated rings. The SMILES string of the molecule is CC(C)c1nncc2c1C(=O)N=CC2. The third-order valence-corrected chi connectivity index (χ3v) is 2.24. The van der Waals surface area contributed by atoms with Gasteiger partial charge in [-0.05, 0) is 11.5 Å². The zero-order valence-electron chi connectivity index (χ0n) is 8.19. The van der Waals surface area contributed by atoms with Crippen LogP contribution in [0.3, 0.4) is 0 Å². The molecule has 0 radical (unpaired) electrons. The third kappa shape index (κ3) is 1.32. The Morgan fingerprint density at radius 1 is 1.43 bits per heavy atom. The van der Waals surface area contributed by atoms with Gasteiger partial charge in [-0.15, -0.1) is 0 Å². The van der Waals surface area contributed by atoms with Gasteiger partial charge in [0, 0.05) is 12.6 Å². The highest BCUT2D eigenvalue weighted by Gasteiger charge is 2.21. The van der Waals surface area contributed by atoms with Crippen molar-refractivity contribution in [2.24, 2.45) is 4.99 Å². The first kappa shape index (κ1) is 8.99. The van der Waals surface area contributed by atoms with Crippen molar-refractivity contribution in [2.45, 2.75) is 26.2 Å². The van der Waals surface area contributed by atoms with Crippen LogP contribution in [-0.4, -0.2) is 22.3 Å². The molecule has 2 rings (SSSR count). The Kier molecular flexibility index (Phi) is 2.11. The van der Waals surface area contributed by atoms with Gasteiger partial charge >= 0.3 is 0 Å². The van der Waals surface area contributed by atoms with E-state index in [0.29, 0.717) is 12.0 Å². The summed E-state index contributed by atoms with van der Waals surface area (Å²) in [7, 11) is 0. The maximum atomic E-state index is 11.5. The predicted molar refractivity (Wildman–Crippen MR) is 52.6 cm³/mol. The normalized spacial score (nSPS) is 14.6. The van der Waals surface area contributed by atoms with Crippen molar-refractivity contribution in [3.63, 3.8) is 0 Å². The molecule has 0 aromatic carbocycles. The lowest BCUT2D eigenvalue weighted by atomic mass is 9.97. The first-order valence-electron chi connectivity index (χ1n) is 4.61. The van der Waals surface area contributed by atoms with E-state index in [0.717, 1.165) is 11.3 Å². The van der Waals surface area contributed by atoms with Crippen LogP contribution < -0.4 is 0 Å². The molecule has 1 aliphatic heterocycles. The Balaban J connectivity index is 2.61. The first-order chi connectivity index (χ1) is 6.70. The monoisotopic (exact) mass is 189 g/mol. The fraction of sp³-hybridized carbons (Fsp3) is 0.400. The Bertz CT molecular complexity index is 410. The van der Waals surface area contributed by atoms with Crippen LogP contribution in [0.4, 0.5) is 0 Å². The van der Waals surface area contributed by atoms with Crippen molar-refractivity contribution in [3.8, 4) is 0 Å². The average Bonchev–Trinajstić information content (AvgIpc) is 2.17. The van der Waals surface area contributed by atoms with Crippen molar-refractivity contribution < 1.29 is 4.79 Å². The average molecular weight is 189 g/mol. The van der Waals surface area contributed by atoms with Crippen LogP contribution in [-0.2, 0) is 6.42 Å². The summed E-state index contributed by atoms with van der Waals surface area (Å²) in [5.41, 5.74) is 2.34. The van der Waals surface area contributed by atoms with E-state index in [-0.39, 0.29) is 11.8 Å². The summed E-state index contributed by atoms with van der Waals surface area (Å²) < 4.78 is 0. The second-order valence-corrected chi connectivity index (χ2v) is 3.61. The minimum absolute atomic E-state index is 0.190. The van der Waals surface area contributed by atoms with Gasteiger partial charge in [0.2, 0.25) is 0 Å². The van der Waals surface area contributed by atoms with Crippen molar-refractivity contribution >= 4 is 12.1 Å². The maximum Gasteiger partial charge on any atom is 0.278 e. The minimum Gasteiger partial charge on any atom is -0.267 e. The molecule has 0 atom stereocenters. The fourth-order valence-corrected chi connectivity index (χ4v) is 1.54. The molecule has 72 valence electrons. The van der Waals surface area contributed by atoms with E-state index in [9.17, 15) is 4.79 Å². The number of hydrogen-bond acceptors (Lipinski definition) is 3. The van der Waals surface area contributed by atoms with E-state index < -0.39 is 0 Å². The molecular weight excluding hydrogens is 178 g/mol. The predicted octanol–water partition coefficient (Wildman–Crippen LogP) is 1.37. The molecule has 0 saturated heterocycles. The van der Waals surface area contributed by atoms with E-state index in [1.807, 2.05) is 13.8 Å². The molecule has 4 heteroatoms. The number of nitrogens with zero attached hydrogens (tertiary/aromatic N) is 3. The number of hydrogen-bond donors (Lipinski definition) is 0. The van der Waals surface area contributed by atoms with Gasteiger partial charge in [0.25, 0.3) is 5.91 Å². The molecule has 1 aromatic heterocycles. The molecule has 0 N–H and O–H groups in total. The van der Waals surface area contributed by atoms with Gasteiger partial charge in [0.1, 0.15) is 0 Å². The van der Waals surface area contributed by atoms with Crippen LogP contribution in [0.25, 0.3) is 0 Å². The van der Waals surface area contributed by atoms with Gasteiger partial charge in [0.15, 0.2) is 0 Å². The summed E-state index contributed by atoms with van der Waals surface area (Å²) in [4.78, 5) is 15.3. The Morgan fingerprint density at radius 3 is 2.93 bits per heavy atom. The second kappa shape index (κ2) is 3.29. The number of amides is 1. The van der Waals surface area contributed by atoms with Gasteiger partial charge in [0.05, 0.1) is 17.5 Å². The second-order valence-electron chi connectivity index (χ2n) is 3.61. The molecule has 1 amide bonds. The van der Waals surface area contributed by atoms with Gasteiger partial charge < -0.3 is 0 Å². The van der Waals surface area contributed by atoms with Crippen LogP contribution in [0.2, 0.25) is 0 Å². The summed E-state index contributed by atoms with van der Waals surface area (Å²) >= 11 is 0. The Morgan fingerprint density at radius 2 is 2.21 bits per heavy atom. The van der Waals surface area contributed by atoms with E-state index >= 15 is 0 Å². The number of aliphatic imine (C=N–C) groups is 1. The van der Waals surface area contributed by atoms with Crippen LogP contribution >= 0.6 is 0 Å². The molecule has 0 aliphatic carbocycles. The van der Waals surface area contributed by atoms with Crippen LogP contribution in [0.15, 0.2) is 11.2 Å². The van der Waals surface area contributed by atoms with Gasteiger partial charge in [-0.3, -0.25) is 4.79 Å². The molecule has 0 bridgehead atoms. The largest absolute Gasteiger partial charge is 0.278 e. The summed E-state index contributed by atoms with van der Waals surface area (Å²) in [6, 6.07) is 0. The summed E-state index contributed by atoms with van der Waals surface area (Å²) in [5, 5.41) is 7.89. The molecule has 2 heterocycles. The topological polar surface area (TPSA) is 55.2 Å². The molecule has 1 aliphatic rings. The smallest absolute Gasteiger partial charge is 0.267 e. The standard InChI is InChI=1S/C10H11N3O/c1-6(2)9-8-7(5-12-13-9)3-4-11-10(8)14/h4-6H,3H2,1-2H3. The van der Waals surface area contributed by atoms with Crippen molar-refractivity contribution in [2.75, 3.05) is 0 Å². The number of carbonyl (C=O) groups excluding carboxylic acids is 1. The lowest BCUT2D eigenvalue weighted by Crippen LogP contribution is -2.15. The number of rotatable bonds is 1. The van der Waals surface area contributed by atoms with Crippen molar-refractivity contribution in [1.29, 1.82) is 0 Å². The van der Waals surface area contributed by atoms with Gasteiger partial charge in [-0.25, -0.2) is 4.99 Å². The maximum absolute atomic E-state index is 11.5. The van der Waals surface area contributed by atoms with Crippen molar-refractivity contribution in [1.82, 2.24) is 10.2 Å². The molecular formula is C10H11N3O. The highest BCUT2D eigenvalue weighted by atomic mass is 16.1. The van der Waals surface area contributed by atoms with E-state index in [2.05, 4.69) is 15.2 Å². The van der Waals surface area contributed by atoms with Gasteiger partial charge in [-0.1, -0.05) is 13.8 Å². The van der Waals surface area contributed by atoms with Crippen molar-refractivity contribution in [3.05, 3.63) is 23.0 Å². The minimum atomic E-state index is -0.190. The lowest BCUT2D eigenvalue weighted by Gasteiger charge is -2.13. The summed E-state index contributed by atoms with van der Waals surface area (Å²) in [5.74, 6) is 0.0135. The van der Waals surface area contributed by atoms with Gasteiger partial charge in [-0.2, -0.15) is 10.2 Å². The van der Waals surface area contributed by atoms with E-state index in [1.165, 1.54) is 0 Å². The molecule has 14 heavy (non-hydrogen) atoms. The zero-order chi connectivity index (χ0) is 10.1. The fourth-order valence-electron chi connectivity index (χ4n) is 1.54. The van der Waals surface area contributed by atoms with E-state index in [4.69, 9.17) is 0 Å². The molecule has 0 spiro atoms. The van der Waals surface area contributed by atoms with Crippen LogP contribution in [0.5, 0.6) is 0 Å². The third-order valence-electron chi connectivity index (χ3n) is 2.24. The highest BCUT2D eigenvalue weighted by molar-refractivity contribution is 6.04. The molecule has 0 unspecified atom stereocenters. The lowest BCUT2D eigenvalue weighted by molar-refractivity contribution is 0.0999. The molecule has 0 saturated carbocycles. The number of aromatic nitrogens is 2. The molecule has 1 aromatic rings.